The topological polar surface area (TPSA) is 82.2 Å². The Kier molecular flexibility index (Phi) is 3.19. The highest BCUT2D eigenvalue weighted by molar-refractivity contribution is 5.90. The van der Waals surface area contributed by atoms with Gasteiger partial charge in [0.05, 0.1) is 0 Å². The van der Waals surface area contributed by atoms with Crippen LogP contribution in [0.4, 0.5) is 0 Å². The maximum atomic E-state index is 12.4. The molecule has 2 aliphatic rings. The summed E-state index contributed by atoms with van der Waals surface area (Å²) in [4.78, 5) is 31.9. The highest BCUT2D eigenvalue weighted by Crippen LogP contribution is 2.23. The number of aromatic nitrogens is 3. The van der Waals surface area contributed by atoms with Crippen molar-refractivity contribution >= 4 is 11.8 Å². The minimum absolute atomic E-state index is 0.146. The molecule has 108 valence electrons. The predicted molar refractivity (Wildman–Crippen MR) is 71.1 cm³/mol. The fourth-order valence-corrected chi connectivity index (χ4v) is 2.82. The molecule has 7 heteroatoms. The summed E-state index contributed by atoms with van der Waals surface area (Å²) in [7, 11) is 0. The van der Waals surface area contributed by atoms with Gasteiger partial charge in [0.25, 0.3) is 5.91 Å². The van der Waals surface area contributed by atoms with Crippen LogP contribution in [-0.2, 0) is 4.79 Å². The lowest BCUT2D eigenvalue weighted by Crippen LogP contribution is -2.53. The first-order valence-corrected chi connectivity index (χ1v) is 7.07. The molecule has 2 saturated heterocycles. The van der Waals surface area contributed by atoms with E-state index in [1.807, 2.05) is 18.7 Å². The number of carbonyl (C=O) groups is 2. The van der Waals surface area contributed by atoms with Crippen molar-refractivity contribution in [1.29, 1.82) is 0 Å². The van der Waals surface area contributed by atoms with Gasteiger partial charge in [0.1, 0.15) is 5.82 Å². The van der Waals surface area contributed by atoms with E-state index in [1.165, 1.54) is 0 Å². The summed E-state index contributed by atoms with van der Waals surface area (Å²) < 4.78 is 0. The van der Waals surface area contributed by atoms with Gasteiger partial charge in [-0.05, 0) is 6.42 Å². The molecule has 3 heterocycles. The Morgan fingerprint density at radius 1 is 1.40 bits per heavy atom. The number of hydrogen-bond donors (Lipinski definition) is 1. The van der Waals surface area contributed by atoms with Crippen LogP contribution >= 0.6 is 0 Å². The lowest BCUT2D eigenvalue weighted by molar-refractivity contribution is -0.130. The molecule has 7 nitrogen and oxygen atoms in total. The summed E-state index contributed by atoms with van der Waals surface area (Å²) in [5, 5.41) is 6.81. The van der Waals surface area contributed by atoms with Gasteiger partial charge in [-0.3, -0.25) is 14.7 Å². The molecule has 2 amide bonds. The number of aromatic amines is 1. The largest absolute Gasteiger partial charge is 0.336 e. The van der Waals surface area contributed by atoms with Crippen molar-refractivity contribution in [3.63, 3.8) is 0 Å². The Hall–Kier alpha value is -1.92. The average Bonchev–Trinajstić information content (AvgIpc) is 3.05. The molecule has 2 aliphatic heterocycles. The number of nitrogens with zero attached hydrogens (tertiary/aromatic N) is 4. The van der Waals surface area contributed by atoms with Gasteiger partial charge in [0.15, 0.2) is 0 Å². The van der Waals surface area contributed by atoms with E-state index in [1.54, 1.807) is 4.90 Å². The van der Waals surface area contributed by atoms with Crippen molar-refractivity contribution in [1.82, 2.24) is 25.0 Å². The Labute approximate surface area is 117 Å². The van der Waals surface area contributed by atoms with Crippen LogP contribution < -0.4 is 0 Å². The van der Waals surface area contributed by atoms with Crippen molar-refractivity contribution < 1.29 is 9.59 Å². The molecule has 2 fully saturated rings. The second kappa shape index (κ2) is 4.88. The molecule has 1 aromatic heterocycles. The van der Waals surface area contributed by atoms with Gasteiger partial charge in [-0.1, -0.05) is 13.8 Å². The molecule has 1 unspecified atom stereocenters. The smallest absolute Gasteiger partial charge is 0.293 e. The second-order valence-electron chi connectivity index (χ2n) is 5.73. The van der Waals surface area contributed by atoms with Gasteiger partial charge in [-0.2, -0.15) is 0 Å². The molecule has 1 aromatic rings. The number of carbonyl (C=O) groups excluding carboxylic acids is 2. The van der Waals surface area contributed by atoms with Gasteiger partial charge in [0, 0.05) is 38.0 Å². The lowest BCUT2D eigenvalue weighted by atomic mass is 10.1. The molecular formula is C13H19N5O2. The van der Waals surface area contributed by atoms with Crippen molar-refractivity contribution in [3.8, 4) is 0 Å². The fraction of sp³-hybridized carbons (Fsp3) is 0.692. The van der Waals surface area contributed by atoms with Crippen molar-refractivity contribution in [2.45, 2.75) is 38.6 Å². The molecule has 20 heavy (non-hydrogen) atoms. The number of nitrogens with one attached hydrogen (secondary N) is 1. The van der Waals surface area contributed by atoms with E-state index in [0.717, 1.165) is 12.2 Å². The third kappa shape index (κ3) is 2.17. The number of hydrogen-bond acceptors (Lipinski definition) is 4. The molecule has 0 aliphatic carbocycles. The number of piperazine rings is 1. The molecule has 0 radical (unpaired) electrons. The Bertz CT molecular complexity index is 539. The first-order valence-electron chi connectivity index (χ1n) is 7.07. The quantitative estimate of drug-likeness (QED) is 0.847. The minimum Gasteiger partial charge on any atom is -0.336 e. The SMILES string of the molecule is CC(C)c1nc(C(=O)N2CCN3C(=O)CCC3C2)n[nH]1. The number of rotatable bonds is 2. The zero-order chi connectivity index (χ0) is 14.3. The second-order valence-corrected chi connectivity index (χ2v) is 5.73. The van der Waals surface area contributed by atoms with Crippen LogP contribution in [0.5, 0.6) is 0 Å². The van der Waals surface area contributed by atoms with E-state index in [4.69, 9.17) is 0 Å². The van der Waals surface area contributed by atoms with Crippen LogP contribution in [0.25, 0.3) is 0 Å². The molecule has 3 rings (SSSR count). The number of fused-ring (bicyclic) bond motifs is 1. The molecule has 1 atom stereocenters. The van der Waals surface area contributed by atoms with E-state index in [0.29, 0.717) is 26.1 Å². The van der Waals surface area contributed by atoms with Crippen LogP contribution in [0.1, 0.15) is 49.1 Å². The van der Waals surface area contributed by atoms with E-state index in [9.17, 15) is 9.59 Å². The summed E-state index contributed by atoms with van der Waals surface area (Å²) in [5.41, 5.74) is 0. The number of H-pyrrole nitrogens is 1. The molecular weight excluding hydrogens is 258 g/mol. The highest BCUT2D eigenvalue weighted by Gasteiger charge is 2.37. The van der Waals surface area contributed by atoms with E-state index >= 15 is 0 Å². The zero-order valence-electron chi connectivity index (χ0n) is 11.8. The summed E-state index contributed by atoms with van der Waals surface area (Å²) in [6, 6.07) is 0.170. The van der Waals surface area contributed by atoms with E-state index in [2.05, 4.69) is 15.2 Å². The fourth-order valence-electron chi connectivity index (χ4n) is 2.82. The summed E-state index contributed by atoms with van der Waals surface area (Å²) >= 11 is 0. The van der Waals surface area contributed by atoms with Crippen LogP contribution in [0, 0.1) is 0 Å². The van der Waals surface area contributed by atoms with Crippen LogP contribution in [0.15, 0.2) is 0 Å². The third-order valence-corrected chi connectivity index (χ3v) is 4.02. The minimum atomic E-state index is -0.146. The summed E-state index contributed by atoms with van der Waals surface area (Å²) in [6.45, 7) is 5.77. The Morgan fingerprint density at radius 3 is 2.90 bits per heavy atom. The van der Waals surface area contributed by atoms with Gasteiger partial charge in [-0.25, -0.2) is 4.98 Å². The maximum absolute atomic E-state index is 12.4. The van der Waals surface area contributed by atoms with E-state index < -0.39 is 0 Å². The van der Waals surface area contributed by atoms with Crippen molar-refractivity contribution in [2.75, 3.05) is 19.6 Å². The van der Waals surface area contributed by atoms with Gasteiger partial charge in [0.2, 0.25) is 11.7 Å². The average molecular weight is 277 g/mol. The summed E-state index contributed by atoms with van der Waals surface area (Å²) in [6.07, 6.45) is 1.44. The Balaban J connectivity index is 1.70. The van der Waals surface area contributed by atoms with Crippen molar-refractivity contribution in [2.24, 2.45) is 0 Å². The Morgan fingerprint density at radius 2 is 2.20 bits per heavy atom. The standard InChI is InChI=1S/C13H19N5O2/c1-8(2)11-14-12(16-15-11)13(20)17-5-6-18-9(7-17)3-4-10(18)19/h8-9H,3-7H2,1-2H3,(H,14,15,16). The number of amides is 2. The molecule has 0 aromatic carbocycles. The van der Waals surface area contributed by atoms with Crippen LogP contribution in [0.2, 0.25) is 0 Å². The summed E-state index contributed by atoms with van der Waals surface area (Å²) in [5.74, 6) is 1.23. The van der Waals surface area contributed by atoms with Crippen molar-refractivity contribution in [3.05, 3.63) is 11.6 Å². The van der Waals surface area contributed by atoms with Gasteiger partial charge < -0.3 is 9.80 Å². The van der Waals surface area contributed by atoms with E-state index in [-0.39, 0.29) is 29.6 Å². The molecule has 1 N–H and O–H groups in total. The monoisotopic (exact) mass is 277 g/mol. The molecule has 0 saturated carbocycles. The third-order valence-electron chi connectivity index (χ3n) is 4.02. The first-order chi connectivity index (χ1) is 9.56. The maximum Gasteiger partial charge on any atom is 0.293 e. The molecule has 0 spiro atoms. The predicted octanol–water partition coefficient (Wildman–Crippen LogP) is 0.375. The van der Waals surface area contributed by atoms with Crippen LogP contribution in [0.3, 0.4) is 0 Å². The van der Waals surface area contributed by atoms with Gasteiger partial charge in [-0.15, -0.1) is 5.10 Å². The zero-order valence-corrected chi connectivity index (χ0v) is 11.8. The van der Waals surface area contributed by atoms with Gasteiger partial charge >= 0.3 is 0 Å². The highest BCUT2D eigenvalue weighted by atomic mass is 16.2. The molecule has 0 bridgehead atoms. The van der Waals surface area contributed by atoms with Crippen LogP contribution in [-0.4, -0.2) is 62.5 Å². The normalized spacial score (nSPS) is 22.6. The lowest BCUT2D eigenvalue weighted by Gasteiger charge is -2.36. The first kappa shape index (κ1) is 13.1.